The van der Waals surface area contributed by atoms with E-state index in [1.54, 1.807) is 11.9 Å². The van der Waals surface area contributed by atoms with Crippen LogP contribution in [0.2, 0.25) is 0 Å². The Morgan fingerprint density at radius 1 is 1.00 bits per heavy atom. The summed E-state index contributed by atoms with van der Waals surface area (Å²) in [6.07, 6.45) is 1.97. The Balaban J connectivity index is 1.38. The van der Waals surface area contributed by atoms with Crippen molar-refractivity contribution in [1.82, 2.24) is 4.90 Å². The molecule has 7 nitrogen and oxygen atoms in total. The highest BCUT2D eigenvalue weighted by Gasteiger charge is 2.39. The van der Waals surface area contributed by atoms with Crippen LogP contribution in [-0.4, -0.2) is 54.3 Å². The lowest BCUT2D eigenvalue weighted by Crippen LogP contribution is -2.49. The van der Waals surface area contributed by atoms with Crippen molar-refractivity contribution in [1.29, 1.82) is 0 Å². The summed E-state index contributed by atoms with van der Waals surface area (Å²) >= 11 is 0. The second kappa shape index (κ2) is 10.4. The predicted molar refractivity (Wildman–Crippen MR) is 122 cm³/mol. The molecule has 0 radical (unpaired) electrons. The molecule has 32 heavy (non-hydrogen) atoms. The van der Waals surface area contributed by atoms with E-state index in [-0.39, 0.29) is 30.8 Å². The monoisotopic (exact) mass is 435 g/mol. The van der Waals surface area contributed by atoms with Gasteiger partial charge in [-0.05, 0) is 37.5 Å². The van der Waals surface area contributed by atoms with Crippen molar-refractivity contribution >= 4 is 23.3 Å². The number of hydrogen-bond donors (Lipinski definition) is 0. The number of carbonyl (C=O) groups is 2. The molecule has 2 aromatic rings. The molecular formula is C25H29N3O4. The Kier molecular flexibility index (Phi) is 7.17. The summed E-state index contributed by atoms with van der Waals surface area (Å²) in [6, 6.07) is 19.0. The van der Waals surface area contributed by atoms with Gasteiger partial charge in [0.1, 0.15) is 11.8 Å². The molecule has 1 saturated heterocycles. The van der Waals surface area contributed by atoms with Gasteiger partial charge in [-0.1, -0.05) is 48.5 Å². The number of carbonyl (C=O) groups excluding carboxylic acids is 2. The van der Waals surface area contributed by atoms with E-state index in [0.717, 1.165) is 24.1 Å². The highest BCUT2D eigenvalue weighted by Crippen LogP contribution is 2.27. The molecule has 0 N–H and O–H groups in total. The molecule has 1 atom stereocenters. The van der Waals surface area contributed by atoms with Gasteiger partial charge in [-0.2, -0.15) is 5.10 Å². The van der Waals surface area contributed by atoms with Gasteiger partial charge < -0.3 is 14.4 Å². The first-order chi connectivity index (χ1) is 15.7. The average Bonchev–Trinajstić information content (AvgIpc) is 3.30. The number of hydrazone groups is 1. The van der Waals surface area contributed by atoms with Gasteiger partial charge in [-0.25, -0.2) is 4.79 Å². The quantitative estimate of drug-likeness (QED) is 0.624. The molecule has 1 amide bonds. The van der Waals surface area contributed by atoms with Gasteiger partial charge in [-0.3, -0.25) is 9.80 Å². The van der Waals surface area contributed by atoms with Gasteiger partial charge in [-0.15, -0.1) is 0 Å². The maximum absolute atomic E-state index is 13.4. The van der Waals surface area contributed by atoms with E-state index in [9.17, 15) is 9.59 Å². The highest BCUT2D eigenvalue weighted by atomic mass is 16.5. The first-order valence-electron chi connectivity index (χ1n) is 11.2. The molecule has 2 aliphatic rings. The average molecular weight is 436 g/mol. The van der Waals surface area contributed by atoms with Crippen molar-refractivity contribution in [2.24, 2.45) is 5.10 Å². The molecule has 0 aliphatic carbocycles. The zero-order valence-electron chi connectivity index (χ0n) is 18.4. The molecule has 0 bridgehead atoms. The van der Waals surface area contributed by atoms with E-state index < -0.39 is 12.0 Å². The van der Waals surface area contributed by atoms with Gasteiger partial charge >= 0.3 is 5.97 Å². The fraction of sp³-hybridized carbons (Fsp3) is 0.400. The molecule has 0 spiro atoms. The van der Waals surface area contributed by atoms with Crippen LogP contribution in [0.1, 0.15) is 31.7 Å². The van der Waals surface area contributed by atoms with E-state index in [2.05, 4.69) is 17.2 Å². The number of ether oxygens (including phenoxy) is 2. The Morgan fingerprint density at radius 3 is 2.31 bits per heavy atom. The molecule has 7 heteroatoms. The van der Waals surface area contributed by atoms with E-state index in [1.165, 1.54) is 0 Å². The summed E-state index contributed by atoms with van der Waals surface area (Å²) in [5.41, 5.74) is 2.22. The zero-order valence-corrected chi connectivity index (χ0v) is 18.4. The first kappa shape index (κ1) is 22.0. The van der Waals surface area contributed by atoms with E-state index >= 15 is 0 Å². The third-order valence-electron chi connectivity index (χ3n) is 5.81. The van der Waals surface area contributed by atoms with E-state index in [0.29, 0.717) is 19.7 Å². The van der Waals surface area contributed by atoms with Crippen LogP contribution in [-0.2, 0) is 25.7 Å². The molecule has 1 unspecified atom stereocenters. The van der Waals surface area contributed by atoms with Gasteiger partial charge in [0.25, 0.3) is 0 Å². The Labute approximate surface area is 188 Å². The number of hydrogen-bond acceptors (Lipinski definition) is 6. The standard InChI is InChI=1S/C25H29N3O4/c1-2-31-25(30)22-17-23(28(26-22)20-11-7-4-8-12-20)24(29)27-15-13-21(14-16-27)32-18-19-9-5-3-6-10-19/h3-12,21,23H,2,13-18H2,1H3. The van der Waals surface area contributed by atoms with Crippen molar-refractivity contribution in [2.75, 3.05) is 24.7 Å². The molecule has 2 heterocycles. The number of benzene rings is 2. The highest BCUT2D eigenvalue weighted by molar-refractivity contribution is 6.38. The number of esters is 1. The lowest BCUT2D eigenvalue weighted by Gasteiger charge is -2.35. The van der Waals surface area contributed by atoms with Crippen molar-refractivity contribution in [3.63, 3.8) is 0 Å². The number of amides is 1. The SMILES string of the molecule is CCOC(=O)C1=NN(c2ccccc2)C(C(=O)N2CCC(OCc3ccccc3)CC2)C1. The minimum atomic E-state index is -0.543. The number of piperidine rings is 1. The van der Waals surface area contributed by atoms with E-state index in [4.69, 9.17) is 9.47 Å². The van der Waals surface area contributed by atoms with Gasteiger partial charge in [0.2, 0.25) is 5.91 Å². The molecular weight excluding hydrogens is 406 g/mol. The number of para-hydroxylation sites is 1. The molecule has 2 aromatic carbocycles. The third kappa shape index (κ3) is 5.16. The summed E-state index contributed by atoms with van der Waals surface area (Å²) in [6.45, 7) is 3.88. The van der Waals surface area contributed by atoms with Crippen molar-refractivity contribution in [3.05, 3.63) is 66.2 Å². The van der Waals surface area contributed by atoms with Crippen LogP contribution >= 0.6 is 0 Å². The lowest BCUT2D eigenvalue weighted by molar-refractivity contribution is -0.135. The maximum Gasteiger partial charge on any atom is 0.354 e. The van der Waals surface area contributed by atoms with Crippen LogP contribution in [0.3, 0.4) is 0 Å². The second-order valence-electron chi connectivity index (χ2n) is 7.99. The molecule has 4 rings (SSSR count). The Morgan fingerprint density at radius 2 is 1.66 bits per heavy atom. The van der Waals surface area contributed by atoms with Gasteiger partial charge in [0.15, 0.2) is 0 Å². The van der Waals surface area contributed by atoms with Crippen molar-refractivity contribution in [3.8, 4) is 0 Å². The largest absolute Gasteiger partial charge is 0.461 e. The van der Waals surface area contributed by atoms with Gasteiger partial charge in [0, 0.05) is 19.5 Å². The second-order valence-corrected chi connectivity index (χ2v) is 7.99. The number of rotatable bonds is 7. The summed E-state index contributed by atoms with van der Waals surface area (Å²) in [7, 11) is 0. The summed E-state index contributed by atoms with van der Waals surface area (Å²) in [5, 5.41) is 6.11. The fourth-order valence-electron chi connectivity index (χ4n) is 4.10. The fourth-order valence-corrected chi connectivity index (χ4v) is 4.10. The van der Waals surface area contributed by atoms with Crippen LogP contribution in [0, 0.1) is 0 Å². The van der Waals surface area contributed by atoms with Crippen LogP contribution in [0.25, 0.3) is 0 Å². The minimum Gasteiger partial charge on any atom is -0.461 e. The van der Waals surface area contributed by atoms with Gasteiger partial charge in [0.05, 0.1) is 25.0 Å². The molecule has 0 saturated carbocycles. The summed E-state index contributed by atoms with van der Waals surface area (Å²) in [4.78, 5) is 27.6. The van der Waals surface area contributed by atoms with Crippen LogP contribution in [0.15, 0.2) is 65.8 Å². The predicted octanol–water partition coefficient (Wildman–Crippen LogP) is 3.39. The normalized spacial score (nSPS) is 19.0. The Hall–Kier alpha value is -3.19. The number of nitrogens with zero attached hydrogens (tertiary/aromatic N) is 3. The topological polar surface area (TPSA) is 71.4 Å². The van der Waals surface area contributed by atoms with E-state index in [1.807, 2.05) is 53.4 Å². The molecule has 168 valence electrons. The Bertz CT molecular complexity index is 940. The number of anilines is 1. The van der Waals surface area contributed by atoms with Crippen molar-refractivity contribution in [2.45, 2.75) is 44.9 Å². The van der Waals surface area contributed by atoms with Crippen LogP contribution in [0.5, 0.6) is 0 Å². The van der Waals surface area contributed by atoms with Crippen molar-refractivity contribution < 1.29 is 19.1 Å². The lowest BCUT2D eigenvalue weighted by atomic mass is 10.0. The molecule has 1 fully saturated rings. The first-order valence-corrected chi connectivity index (χ1v) is 11.2. The smallest absolute Gasteiger partial charge is 0.354 e. The minimum absolute atomic E-state index is 0.0154. The van der Waals surface area contributed by atoms with Crippen LogP contribution in [0.4, 0.5) is 5.69 Å². The molecule has 0 aromatic heterocycles. The summed E-state index contributed by atoms with van der Waals surface area (Å²) < 4.78 is 11.2. The zero-order chi connectivity index (χ0) is 22.3. The number of likely N-dealkylation sites (tertiary alicyclic amines) is 1. The third-order valence-corrected chi connectivity index (χ3v) is 5.81. The van der Waals surface area contributed by atoms with Crippen LogP contribution < -0.4 is 5.01 Å². The maximum atomic E-state index is 13.4. The molecule has 2 aliphatic heterocycles. The summed E-state index contributed by atoms with van der Waals surface area (Å²) in [5.74, 6) is -0.477.